The molecule has 0 spiro atoms. The van der Waals surface area contributed by atoms with Crippen LogP contribution in [0.3, 0.4) is 0 Å². The van der Waals surface area contributed by atoms with Gasteiger partial charge in [-0.2, -0.15) is 10.5 Å². The molecule has 0 aromatic carbocycles. The molecule has 0 bridgehead atoms. The summed E-state index contributed by atoms with van der Waals surface area (Å²) in [4.78, 5) is 7.48. The fourth-order valence-corrected chi connectivity index (χ4v) is 2.51. The van der Waals surface area contributed by atoms with Crippen molar-refractivity contribution in [2.45, 2.75) is 20.8 Å². The van der Waals surface area contributed by atoms with Crippen LogP contribution in [0.25, 0.3) is 6.08 Å². The van der Waals surface area contributed by atoms with Crippen molar-refractivity contribution in [2.24, 2.45) is 0 Å². The first kappa shape index (κ1) is 13.2. The van der Waals surface area contributed by atoms with Crippen molar-refractivity contribution in [1.82, 2.24) is 4.98 Å². The number of aryl methyl sites for hydroxylation is 1. The van der Waals surface area contributed by atoms with E-state index in [2.05, 4.69) is 23.7 Å². The Morgan fingerprint density at radius 3 is 2.41 bits per heavy atom. The maximum absolute atomic E-state index is 8.72. The van der Waals surface area contributed by atoms with Gasteiger partial charge in [-0.3, -0.25) is 0 Å². The van der Waals surface area contributed by atoms with Crippen molar-refractivity contribution in [1.29, 1.82) is 10.5 Å². The van der Waals surface area contributed by atoms with Gasteiger partial charge < -0.3 is 4.90 Å². The van der Waals surface area contributed by atoms with E-state index in [1.165, 1.54) is 11.3 Å². The molecule has 0 radical (unpaired) electrons. The van der Waals surface area contributed by atoms with E-state index in [1.807, 2.05) is 19.1 Å². The number of thiazole rings is 1. The lowest BCUT2D eigenvalue weighted by molar-refractivity contribution is 0.857. The molecule has 0 unspecified atom stereocenters. The Hall–Kier alpha value is -1.85. The van der Waals surface area contributed by atoms with Gasteiger partial charge in [0.25, 0.3) is 0 Å². The minimum absolute atomic E-state index is 0.114. The molecule has 0 fully saturated rings. The van der Waals surface area contributed by atoms with E-state index < -0.39 is 0 Å². The molecule has 1 heterocycles. The van der Waals surface area contributed by atoms with Crippen molar-refractivity contribution < 1.29 is 0 Å². The summed E-state index contributed by atoms with van der Waals surface area (Å²) >= 11 is 1.51. The van der Waals surface area contributed by atoms with E-state index in [9.17, 15) is 0 Å². The van der Waals surface area contributed by atoms with Gasteiger partial charge in [0.2, 0.25) is 0 Å². The lowest BCUT2D eigenvalue weighted by Crippen LogP contribution is -2.21. The van der Waals surface area contributed by atoms with Crippen LogP contribution in [-0.2, 0) is 0 Å². The molecule has 0 aliphatic carbocycles. The van der Waals surface area contributed by atoms with Gasteiger partial charge >= 0.3 is 0 Å². The molecule has 0 atom stereocenters. The van der Waals surface area contributed by atoms with Crippen LogP contribution in [-0.4, -0.2) is 18.1 Å². The van der Waals surface area contributed by atoms with E-state index in [4.69, 9.17) is 10.5 Å². The zero-order valence-electron chi connectivity index (χ0n) is 10.2. The van der Waals surface area contributed by atoms with Gasteiger partial charge in [0, 0.05) is 13.1 Å². The van der Waals surface area contributed by atoms with Crippen molar-refractivity contribution in [2.75, 3.05) is 18.0 Å². The van der Waals surface area contributed by atoms with E-state index in [1.54, 1.807) is 6.08 Å². The van der Waals surface area contributed by atoms with Crippen LogP contribution in [0.15, 0.2) is 5.57 Å². The minimum atomic E-state index is 0.114. The van der Waals surface area contributed by atoms with E-state index in [0.717, 1.165) is 28.8 Å². The van der Waals surface area contributed by atoms with Crippen molar-refractivity contribution in [3.63, 3.8) is 0 Å². The summed E-state index contributed by atoms with van der Waals surface area (Å²) in [5, 5.41) is 18.4. The minimum Gasteiger partial charge on any atom is -0.349 e. The average Bonchev–Trinajstić information content (AvgIpc) is 2.69. The molecular weight excluding hydrogens is 232 g/mol. The fraction of sp³-hybridized carbons (Fsp3) is 0.417. The monoisotopic (exact) mass is 246 g/mol. The summed E-state index contributed by atoms with van der Waals surface area (Å²) in [5.41, 5.74) is 0.975. The number of nitriles is 2. The van der Waals surface area contributed by atoms with Gasteiger partial charge in [-0.1, -0.05) is 11.3 Å². The summed E-state index contributed by atoms with van der Waals surface area (Å²) in [7, 11) is 0. The third-order valence-corrected chi connectivity index (χ3v) is 3.54. The van der Waals surface area contributed by atoms with Gasteiger partial charge in [0.05, 0.1) is 10.6 Å². The second-order valence-corrected chi connectivity index (χ2v) is 4.41. The second-order valence-electron chi connectivity index (χ2n) is 3.40. The molecule has 88 valence electrons. The Morgan fingerprint density at radius 2 is 1.94 bits per heavy atom. The molecule has 5 heteroatoms. The van der Waals surface area contributed by atoms with Crippen LogP contribution in [0, 0.1) is 29.6 Å². The van der Waals surface area contributed by atoms with Gasteiger partial charge in [0.1, 0.15) is 17.7 Å². The molecule has 0 aliphatic heterocycles. The Morgan fingerprint density at radius 1 is 1.35 bits per heavy atom. The largest absolute Gasteiger partial charge is 0.349 e. The van der Waals surface area contributed by atoms with Gasteiger partial charge in [-0.05, 0) is 26.8 Å². The highest BCUT2D eigenvalue weighted by atomic mass is 32.1. The Kier molecular flexibility index (Phi) is 4.68. The molecular formula is C12H14N4S. The normalized spacial score (nSPS) is 9.24. The maximum Gasteiger partial charge on any atom is 0.186 e. The highest BCUT2D eigenvalue weighted by molar-refractivity contribution is 7.16. The third-order valence-electron chi connectivity index (χ3n) is 2.37. The molecule has 1 rings (SSSR count). The van der Waals surface area contributed by atoms with E-state index in [-0.39, 0.29) is 5.57 Å². The lowest BCUT2D eigenvalue weighted by Gasteiger charge is -2.16. The first-order valence-corrected chi connectivity index (χ1v) is 6.22. The summed E-state index contributed by atoms with van der Waals surface area (Å²) in [6.45, 7) is 7.84. The molecule has 0 amide bonds. The van der Waals surface area contributed by atoms with Gasteiger partial charge in [-0.15, -0.1) is 0 Å². The molecule has 17 heavy (non-hydrogen) atoms. The predicted octanol–water partition coefficient (Wildman–Crippen LogP) is 2.73. The van der Waals surface area contributed by atoms with Crippen LogP contribution < -0.4 is 4.90 Å². The van der Waals surface area contributed by atoms with Crippen LogP contribution in [0.4, 0.5) is 5.13 Å². The fourth-order valence-electron chi connectivity index (χ4n) is 1.38. The van der Waals surface area contributed by atoms with Crippen molar-refractivity contribution >= 4 is 22.5 Å². The first-order chi connectivity index (χ1) is 8.15. The molecule has 1 aromatic rings. The number of rotatable bonds is 4. The third kappa shape index (κ3) is 3.05. The van der Waals surface area contributed by atoms with Gasteiger partial charge in [-0.25, -0.2) is 4.98 Å². The molecule has 4 nitrogen and oxygen atoms in total. The topological polar surface area (TPSA) is 63.7 Å². The number of allylic oxidation sites excluding steroid dienone is 1. The van der Waals surface area contributed by atoms with Crippen LogP contribution in [0.5, 0.6) is 0 Å². The highest BCUT2D eigenvalue weighted by Crippen LogP contribution is 2.27. The van der Waals surface area contributed by atoms with Crippen molar-refractivity contribution in [3.05, 3.63) is 16.1 Å². The van der Waals surface area contributed by atoms with Crippen LogP contribution in [0.1, 0.15) is 24.4 Å². The average molecular weight is 246 g/mol. The molecule has 0 aliphatic rings. The quantitative estimate of drug-likeness (QED) is 0.766. The van der Waals surface area contributed by atoms with Gasteiger partial charge in [0.15, 0.2) is 5.13 Å². The van der Waals surface area contributed by atoms with Crippen LogP contribution >= 0.6 is 11.3 Å². The smallest absolute Gasteiger partial charge is 0.186 e. The number of nitrogens with zero attached hydrogens (tertiary/aromatic N) is 4. The second kappa shape index (κ2) is 6.03. The first-order valence-electron chi connectivity index (χ1n) is 5.40. The SMILES string of the molecule is CCN(CC)c1nc(C)c(C=C(C#N)C#N)s1. The number of hydrogen-bond donors (Lipinski definition) is 0. The zero-order valence-corrected chi connectivity index (χ0v) is 11.0. The Bertz CT molecular complexity index is 482. The Balaban J connectivity index is 3.10. The van der Waals surface area contributed by atoms with E-state index in [0.29, 0.717) is 0 Å². The molecule has 1 aromatic heterocycles. The summed E-state index contributed by atoms with van der Waals surface area (Å²) in [5.74, 6) is 0. The highest BCUT2D eigenvalue weighted by Gasteiger charge is 2.10. The van der Waals surface area contributed by atoms with Crippen molar-refractivity contribution in [3.8, 4) is 12.1 Å². The summed E-state index contributed by atoms with van der Waals surface area (Å²) in [6.07, 6.45) is 1.60. The van der Waals surface area contributed by atoms with E-state index >= 15 is 0 Å². The summed E-state index contributed by atoms with van der Waals surface area (Å²) in [6, 6.07) is 3.72. The number of anilines is 1. The molecule has 0 N–H and O–H groups in total. The molecule has 0 saturated carbocycles. The molecule has 0 saturated heterocycles. The summed E-state index contributed by atoms with van der Waals surface area (Å²) < 4.78 is 0. The number of hydrogen-bond acceptors (Lipinski definition) is 5. The number of aromatic nitrogens is 1. The standard InChI is InChI=1S/C12H14N4S/c1-4-16(5-2)12-15-9(3)11(17-12)6-10(7-13)8-14/h6H,4-5H2,1-3H3. The lowest BCUT2D eigenvalue weighted by atomic mass is 10.2. The Labute approximate surface area is 105 Å². The predicted molar refractivity (Wildman–Crippen MR) is 69.6 cm³/mol. The zero-order chi connectivity index (χ0) is 12.8. The van der Waals surface area contributed by atoms with Crippen LogP contribution in [0.2, 0.25) is 0 Å². The maximum atomic E-state index is 8.72.